The fourth-order valence-electron chi connectivity index (χ4n) is 5.33. The molecule has 2 aliphatic heterocycles. The third-order valence-electron chi connectivity index (χ3n) is 7.05. The van der Waals surface area contributed by atoms with Crippen LogP contribution in [0.15, 0.2) is 82.4 Å². The minimum Gasteiger partial charge on any atom is -0.399 e. The van der Waals surface area contributed by atoms with Gasteiger partial charge in [0.15, 0.2) is 0 Å². The van der Waals surface area contributed by atoms with Gasteiger partial charge < -0.3 is 15.4 Å². The number of hydrogen-bond donors (Lipinski definition) is 1. The molecule has 0 saturated carbocycles. The minimum atomic E-state index is 0.132. The standard InChI is InChI=1S/C27H33N3OS/c1-21-18-27(19-22-5-3-2-4-6-22)20-30(12-11-23(27)17-26(21)28)32-25-9-7-24(8-10-25)29-13-15-31-16-14-29/h2-10,17H,11-16,18-20,28H2,1H3. The molecule has 2 heterocycles. The highest BCUT2D eigenvalue weighted by molar-refractivity contribution is 7.97. The van der Waals surface area contributed by atoms with Gasteiger partial charge in [0.05, 0.1) is 13.2 Å². The number of hydrogen-bond acceptors (Lipinski definition) is 5. The SMILES string of the molecule is CC1=C(N)C=C2CCN(Sc3ccc(N4CCOCC4)cc3)CC2(Cc2ccccc2)C1. The van der Waals surface area contributed by atoms with Crippen LogP contribution in [0, 0.1) is 5.41 Å². The van der Waals surface area contributed by atoms with E-state index in [9.17, 15) is 0 Å². The third kappa shape index (κ3) is 4.61. The van der Waals surface area contributed by atoms with Crippen LogP contribution in [-0.4, -0.2) is 43.7 Å². The smallest absolute Gasteiger partial charge is 0.0642 e. The van der Waals surface area contributed by atoms with E-state index in [2.05, 4.69) is 76.8 Å². The van der Waals surface area contributed by atoms with Gasteiger partial charge >= 0.3 is 0 Å². The Morgan fingerprint density at radius 2 is 1.75 bits per heavy atom. The number of allylic oxidation sites excluding steroid dienone is 2. The topological polar surface area (TPSA) is 41.7 Å². The van der Waals surface area contributed by atoms with Gasteiger partial charge in [-0.05, 0) is 79.6 Å². The molecule has 2 aromatic rings. The first-order valence-corrected chi connectivity index (χ1v) is 12.4. The summed E-state index contributed by atoms with van der Waals surface area (Å²) in [5.41, 5.74) is 13.0. The third-order valence-corrected chi connectivity index (χ3v) is 8.10. The van der Waals surface area contributed by atoms with Crippen LogP contribution in [0.3, 0.4) is 0 Å². The zero-order valence-electron chi connectivity index (χ0n) is 18.9. The number of nitrogens with zero attached hydrogens (tertiary/aromatic N) is 2. The summed E-state index contributed by atoms with van der Waals surface area (Å²) >= 11 is 1.90. The van der Waals surface area contributed by atoms with Crippen molar-refractivity contribution in [2.24, 2.45) is 11.1 Å². The van der Waals surface area contributed by atoms with Crippen LogP contribution in [0.4, 0.5) is 5.69 Å². The van der Waals surface area contributed by atoms with E-state index in [4.69, 9.17) is 10.5 Å². The molecule has 0 aromatic heterocycles. The predicted octanol–water partition coefficient (Wildman–Crippen LogP) is 5.03. The zero-order chi connectivity index (χ0) is 22.0. The number of rotatable bonds is 5. The molecular weight excluding hydrogens is 414 g/mol. The number of benzene rings is 2. The Morgan fingerprint density at radius 1 is 1.00 bits per heavy atom. The quantitative estimate of drug-likeness (QED) is 0.651. The summed E-state index contributed by atoms with van der Waals surface area (Å²) in [7, 11) is 0. The van der Waals surface area contributed by atoms with E-state index in [0.29, 0.717) is 0 Å². The molecule has 32 heavy (non-hydrogen) atoms. The molecule has 2 N–H and O–H groups in total. The molecule has 4 nitrogen and oxygen atoms in total. The number of anilines is 1. The normalized spacial score (nSPS) is 24.3. The van der Waals surface area contributed by atoms with Crippen molar-refractivity contribution in [2.45, 2.75) is 31.1 Å². The van der Waals surface area contributed by atoms with Crippen LogP contribution in [-0.2, 0) is 11.2 Å². The minimum absolute atomic E-state index is 0.132. The zero-order valence-corrected chi connectivity index (χ0v) is 19.7. The lowest BCUT2D eigenvalue weighted by Gasteiger charge is -2.47. The molecule has 1 aliphatic carbocycles. The van der Waals surface area contributed by atoms with Crippen LogP contribution in [0.25, 0.3) is 0 Å². The molecule has 1 unspecified atom stereocenters. The van der Waals surface area contributed by atoms with Crippen molar-refractivity contribution in [1.29, 1.82) is 0 Å². The largest absolute Gasteiger partial charge is 0.399 e. The van der Waals surface area contributed by atoms with E-state index in [1.54, 1.807) is 0 Å². The molecule has 0 radical (unpaired) electrons. The molecule has 3 aliphatic rings. The van der Waals surface area contributed by atoms with Crippen molar-refractivity contribution in [2.75, 3.05) is 44.3 Å². The maximum Gasteiger partial charge on any atom is 0.0642 e. The molecule has 5 rings (SSSR count). The Hall–Kier alpha value is -2.21. The lowest BCUT2D eigenvalue weighted by Crippen LogP contribution is -2.45. The first-order chi connectivity index (χ1) is 15.6. The molecule has 0 spiro atoms. The van der Waals surface area contributed by atoms with E-state index < -0.39 is 0 Å². The predicted molar refractivity (Wildman–Crippen MR) is 134 cm³/mol. The number of piperidine rings is 1. The van der Waals surface area contributed by atoms with Crippen LogP contribution in [0.2, 0.25) is 0 Å². The van der Waals surface area contributed by atoms with Gasteiger partial charge in [-0.25, -0.2) is 4.31 Å². The monoisotopic (exact) mass is 447 g/mol. The highest BCUT2D eigenvalue weighted by Crippen LogP contribution is 2.48. The van der Waals surface area contributed by atoms with Gasteiger partial charge in [-0.2, -0.15) is 0 Å². The Bertz CT molecular complexity index is 995. The maximum absolute atomic E-state index is 6.34. The van der Waals surface area contributed by atoms with Gasteiger partial charge in [-0.15, -0.1) is 0 Å². The average molecular weight is 448 g/mol. The number of fused-ring (bicyclic) bond motifs is 1. The molecule has 168 valence electrons. The summed E-state index contributed by atoms with van der Waals surface area (Å²) in [6, 6.07) is 20.0. The molecule has 0 bridgehead atoms. The summed E-state index contributed by atoms with van der Waals surface area (Å²) in [6.45, 7) is 7.91. The molecule has 2 fully saturated rings. The maximum atomic E-state index is 6.34. The van der Waals surface area contributed by atoms with E-state index in [0.717, 1.165) is 64.4 Å². The van der Waals surface area contributed by atoms with Crippen molar-refractivity contribution >= 4 is 17.6 Å². The van der Waals surface area contributed by atoms with E-state index >= 15 is 0 Å². The summed E-state index contributed by atoms with van der Waals surface area (Å²) in [6.07, 6.45) is 5.48. The number of ether oxygens (including phenoxy) is 1. The molecule has 0 amide bonds. The van der Waals surface area contributed by atoms with Crippen LogP contribution >= 0.6 is 11.9 Å². The average Bonchev–Trinajstić information content (AvgIpc) is 2.82. The Balaban J connectivity index is 1.32. The summed E-state index contributed by atoms with van der Waals surface area (Å²) in [4.78, 5) is 3.72. The second-order valence-electron chi connectivity index (χ2n) is 9.32. The molecule has 5 heteroatoms. The number of morpholine rings is 1. The van der Waals surface area contributed by atoms with Gasteiger partial charge in [-0.1, -0.05) is 35.9 Å². The molecule has 2 aromatic carbocycles. The molecular formula is C27H33N3OS. The van der Waals surface area contributed by atoms with Gasteiger partial charge in [0.25, 0.3) is 0 Å². The highest BCUT2D eigenvalue weighted by atomic mass is 32.2. The van der Waals surface area contributed by atoms with Crippen molar-refractivity contribution in [3.05, 3.63) is 83.1 Å². The van der Waals surface area contributed by atoms with Crippen molar-refractivity contribution in [3.63, 3.8) is 0 Å². The van der Waals surface area contributed by atoms with Crippen molar-refractivity contribution in [1.82, 2.24) is 4.31 Å². The van der Waals surface area contributed by atoms with Crippen LogP contribution in [0.5, 0.6) is 0 Å². The van der Waals surface area contributed by atoms with Crippen LogP contribution < -0.4 is 10.6 Å². The van der Waals surface area contributed by atoms with Gasteiger partial charge in [0, 0.05) is 47.9 Å². The van der Waals surface area contributed by atoms with Gasteiger partial charge in [0.1, 0.15) is 0 Å². The lowest BCUT2D eigenvalue weighted by molar-refractivity contribution is 0.122. The fourth-order valence-corrected chi connectivity index (χ4v) is 6.38. The summed E-state index contributed by atoms with van der Waals surface area (Å²) in [5.74, 6) is 0. The molecule has 2 saturated heterocycles. The lowest BCUT2D eigenvalue weighted by atomic mass is 9.66. The summed E-state index contributed by atoms with van der Waals surface area (Å²) < 4.78 is 8.06. The summed E-state index contributed by atoms with van der Waals surface area (Å²) in [5, 5.41) is 0. The van der Waals surface area contributed by atoms with Crippen molar-refractivity contribution < 1.29 is 4.74 Å². The first-order valence-electron chi connectivity index (χ1n) is 11.7. The Labute approximate surface area is 196 Å². The van der Waals surface area contributed by atoms with Crippen LogP contribution in [0.1, 0.15) is 25.3 Å². The van der Waals surface area contributed by atoms with E-state index in [1.807, 2.05) is 11.9 Å². The second-order valence-corrected chi connectivity index (χ2v) is 10.5. The Kier molecular flexibility index (Phi) is 6.31. The highest BCUT2D eigenvalue weighted by Gasteiger charge is 2.42. The Morgan fingerprint density at radius 3 is 2.50 bits per heavy atom. The second kappa shape index (κ2) is 9.34. The van der Waals surface area contributed by atoms with Gasteiger partial charge in [0.2, 0.25) is 0 Å². The van der Waals surface area contributed by atoms with E-state index in [-0.39, 0.29) is 5.41 Å². The number of nitrogens with two attached hydrogens (primary N) is 1. The van der Waals surface area contributed by atoms with Gasteiger partial charge in [-0.3, -0.25) is 0 Å². The first kappa shape index (κ1) is 21.6. The fraction of sp³-hybridized carbons (Fsp3) is 0.407. The van der Waals surface area contributed by atoms with Crippen molar-refractivity contribution in [3.8, 4) is 0 Å². The van der Waals surface area contributed by atoms with E-state index in [1.165, 1.54) is 27.3 Å². The molecule has 1 atom stereocenters.